The molecule has 98 valence electrons. The van der Waals surface area contributed by atoms with E-state index in [9.17, 15) is 0 Å². The van der Waals surface area contributed by atoms with Gasteiger partial charge in [0.1, 0.15) is 0 Å². The van der Waals surface area contributed by atoms with Gasteiger partial charge in [0, 0.05) is 4.47 Å². The summed E-state index contributed by atoms with van der Waals surface area (Å²) in [5, 5.41) is 0. The highest BCUT2D eigenvalue weighted by molar-refractivity contribution is 9.10. The topological polar surface area (TPSA) is 0 Å². The molecule has 1 fully saturated rings. The molecule has 0 saturated heterocycles. The highest BCUT2D eigenvalue weighted by Gasteiger charge is 2.18. The third-order valence-corrected chi connectivity index (χ3v) is 4.87. The van der Waals surface area contributed by atoms with Crippen molar-refractivity contribution in [1.82, 2.24) is 0 Å². The van der Waals surface area contributed by atoms with Gasteiger partial charge in [-0.25, -0.2) is 0 Å². The quantitative estimate of drug-likeness (QED) is 0.622. The van der Waals surface area contributed by atoms with Crippen molar-refractivity contribution in [2.75, 3.05) is 0 Å². The van der Waals surface area contributed by atoms with Crippen molar-refractivity contribution >= 4 is 15.9 Å². The lowest BCUT2D eigenvalue weighted by molar-refractivity contribution is 0.442. The first-order valence-electron chi connectivity index (χ1n) is 7.19. The number of rotatable bonds is 2. The first kappa shape index (κ1) is 12.9. The Balaban J connectivity index is 1.96. The van der Waals surface area contributed by atoms with Crippen molar-refractivity contribution in [2.24, 2.45) is 0 Å². The molecule has 19 heavy (non-hydrogen) atoms. The molecule has 0 spiro atoms. The second-order valence-corrected chi connectivity index (χ2v) is 6.29. The van der Waals surface area contributed by atoms with Crippen LogP contribution in [0.15, 0.2) is 53.0 Å². The maximum Gasteiger partial charge on any atom is 0.0210 e. The summed E-state index contributed by atoms with van der Waals surface area (Å²) in [6, 6.07) is 17.5. The molecule has 1 aliphatic rings. The molecule has 3 rings (SSSR count). The molecule has 1 heteroatoms. The van der Waals surface area contributed by atoms with E-state index in [4.69, 9.17) is 0 Å². The van der Waals surface area contributed by atoms with Crippen LogP contribution in [0.2, 0.25) is 0 Å². The van der Waals surface area contributed by atoms with Gasteiger partial charge in [-0.3, -0.25) is 0 Å². The highest BCUT2D eigenvalue weighted by Crippen LogP contribution is 2.38. The molecule has 1 saturated carbocycles. The molecular formula is C18H19Br. The molecule has 0 aliphatic heterocycles. The van der Waals surface area contributed by atoms with Gasteiger partial charge in [-0.2, -0.15) is 0 Å². The Hall–Kier alpha value is -1.08. The van der Waals surface area contributed by atoms with Crippen LogP contribution in [0.5, 0.6) is 0 Å². The summed E-state index contributed by atoms with van der Waals surface area (Å²) in [6.45, 7) is 0. The van der Waals surface area contributed by atoms with Crippen LogP contribution in [-0.4, -0.2) is 0 Å². The van der Waals surface area contributed by atoms with Gasteiger partial charge in [-0.1, -0.05) is 71.6 Å². The maximum absolute atomic E-state index is 3.74. The number of halogens is 1. The summed E-state index contributed by atoms with van der Waals surface area (Å²) in [7, 11) is 0. The molecule has 0 unspecified atom stereocenters. The molecule has 2 aromatic carbocycles. The predicted molar refractivity (Wildman–Crippen MR) is 85.4 cm³/mol. The van der Waals surface area contributed by atoms with E-state index in [1.165, 1.54) is 53.3 Å². The van der Waals surface area contributed by atoms with Crippen LogP contribution in [0.3, 0.4) is 0 Å². The SMILES string of the molecule is Brc1ccc(-c2ccccc2)cc1C1CCCCC1. The lowest BCUT2D eigenvalue weighted by Gasteiger charge is -2.23. The Morgan fingerprint density at radius 1 is 0.789 bits per heavy atom. The summed E-state index contributed by atoms with van der Waals surface area (Å²) in [5.41, 5.74) is 4.15. The third-order valence-electron chi connectivity index (χ3n) is 4.15. The van der Waals surface area contributed by atoms with E-state index in [2.05, 4.69) is 64.5 Å². The fraction of sp³-hybridized carbons (Fsp3) is 0.333. The lowest BCUT2D eigenvalue weighted by atomic mass is 9.83. The van der Waals surface area contributed by atoms with Crippen LogP contribution in [0.25, 0.3) is 11.1 Å². The van der Waals surface area contributed by atoms with Crippen molar-refractivity contribution in [3.05, 3.63) is 58.6 Å². The molecule has 0 bridgehead atoms. The van der Waals surface area contributed by atoms with Gasteiger partial charge in [0.05, 0.1) is 0 Å². The summed E-state index contributed by atoms with van der Waals surface area (Å²) >= 11 is 3.74. The number of benzene rings is 2. The Morgan fingerprint density at radius 3 is 2.26 bits per heavy atom. The van der Waals surface area contributed by atoms with E-state index in [1.807, 2.05) is 0 Å². The van der Waals surface area contributed by atoms with Crippen molar-refractivity contribution in [3.8, 4) is 11.1 Å². The summed E-state index contributed by atoms with van der Waals surface area (Å²) in [6.07, 6.45) is 6.86. The normalized spacial score (nSPS) is 16.5. The van der Waals surface area contributed by atoms with Crippen LogP contribution in [0.4, 0.5) is 0 Å². The van der Waals surface area contributed by atoms with Gasteiger partial charge in [0.25, 0.3) is 0 Å². The summed E-state index contributed by atoms with van der Waals surface area (Å²) in [4.78, 5) is 0. The molecule has 0 nitrogen and oxygen atoms in total. The van der Waals surface area contributed by atoms with Gasteiger partial charge in [-0.05, 0) is 47.6 Å². The zero-order valence-electron chi connectivity index (χ0n) is 11.1. The van der Waals surface area contributed by atoms with E-state index in [0.29, 0.717) is 0 Å². The van der Waals surface area contributed by atoms with E-state index in [0.717, 1.165) is 5.92 Å². The average molecular weight is 315 g/mol. The monoisotopic (exact) mass is 314 g/mol. The average Bonchev–Trinajstić information content (AvgIpc) is 2.49. The molecule has 0 atom stereocenters. The molecule has 0 heterocycles. The molecule has 0 radical (unpaired) electrons. The predicted octanol–water partition coefficient (Wildman–Crippen LogP) is 6.16. The minimum absolute atomic E-state index is 0.742. The third kappa shape index (κ3) is 2.92. The minimum Gasteiger partial charge on any atom is -0.0622 e. The Labute approximate surface area is 124 Å². The standard InChI is InChI=1S/C18H19Br/c19-18-12-11-16(14-7-3-1-4-8-14)13-17(18)15-9-5-2-6-10-15/h1,3-4,7-8,11-13,15H,2,5-6,9-10H2. The molecule has 0 N–H and O–H groups in total. The van der Waals surface area contributed by atoms with E-state index >= 15 is 0 Å². The van der Waals surface area contributed by atoms with Crippen molar-refractivity contribution in [3.63, 3.8) is 0 Å². The van der Waals surface area contributed by atoms with Crippen LogP contribution in [-0.2, 0) is 0 Å². The Bertz CT molecular complexity index is 539. The van der Waals surface area contributed by atoms with Crippen LogP contribution in [0.1, 0.15) is 43.6 Å². The van der Waals surface area contributed by atoms with Gasteiger partial charge in [-0.15, -0.1) is 0 Å². The fourth-order valence-electron chi connectivity index (χ4n) is 3.08. The second kappa shape index (κ2) is 5.92. The fourth-order valence-corrected chi connectivity index (χ4v) is 3.65. The van der Waals surface area contributed by atoms with E-state index < -0.39 is 0 Å². The lowest BCUT2D eigenvalue weighted by Crippen LogP contribution is -2.05. The van der Waals surface area contributed by atoms with Gasteiger partial charge in [0.15, 0.2) is 0 Å². The molecule has 1 aliphatic carbocycles. The van der Waals surface area contributed by atoms with E-state index in [-0.39, 0.29) is 0 Å². The smallest absolute Gasteiger partial charge is 0.0210 e. The number of hydrogen-bond donors (Lipinski definition) is 0. The Morgan fingerprint density at radius 2 is 1.53 bits per heavy atom. The number of hydrogen-bond acceptors (Lipinski definition) is 0. The second-order valence-electron chi connectivity index (χ2n) is 5.44. The first-order chi connectivity index (χ1) is 9.34. The van der Waals surface area contributed by atoms with Gasteiger partial charge < -0.3 is 0 Å². The van der Waals surface area contributed by atoms with Crippen LogP contribution >= 0.6 is 15.9 Å². The van der Waals surface area contributed by atoms with Crippen molar-refractivity contribution < 1.29 is 0 Å². The van der Waals surface area contributed by atoms with Gasteiger partial charge >= 0.3 is 0 Å². The van der Waals surface area contributed by atoms with Crippen molar-refractivity contribution in [1.29, 1.82) is 0 Å². The first-order valence-corrected chi connectivity index (χ1v) is 7.99. The minimum atomic E-state index is 0.742. The van der Waals surface area contributed by atoms with Gasteiger partial charge in [0.2, 0.25) is 0 Å². The highest BCUT2D eigenvalue weighted by atomic mass is 79.9. The zero-order valence-corrected chi connectivity index (χ0v) is 12.7. The summed E-state index contributed by atoms with van der Waals surface area (Å²) < 4.78 is 1.28. The van der Waals surface area contributed by atoms with Crippen molar-refractivity contribution in [2.45, 2.75) is 38.0 Å². The van der Waals surface area contributed by atoms with Crippen LogP contribution in [0, 0.1) is 0 Å². The molecule has 0 aromatic heterocycles. The zero-order chi connectivity index (χ0) is 13.1. The molecular weight excluding hydrogens is 296 g/mol. The molecule has 0 amide bonds. The maximum atomic E-state index is 3.74. The van der Waals surface area contributed by atoms with Crippen LogP contribution < -0.4 is 0 Å². The summed E-state index contributed by atoms with van der Waals surface area (Å²) in [5.74, 6) is 0.742. The Kier molecular flexibility index (Phi) is 4.03. The molecule has 2 aromatic rings. The van der Waals surface area contributed by atoms with E-state index in [1.54, 1.807) is 0 Å². The largest absolute Gasteiger partial charge is 0.0622 e.